The van der Waals surface area contributed by atoms with Crippen molar-refractivity contribution in [3.8, 4) is 0 Å². The van der Waals surface area contributed by atoms with Crippen LogP contribution in [0.5, 0.6) is 0 Å². The van der Waals surface area contributed by atoms with Gasteiger partial charge in [-0.05, 0) is 0 Å². The Balaban J connectivity index is -0.0000000367. The summed E-state index contributed by atoms with van der Waals surface area (Å²) in [5.74, 6) is -2.86. The number of carboxylic acid groups (broad SMARTS) is 3. The second-order valence-electron chi connectivity index (χ2n) is 1.72. The van der Waals surface area contributed by atoms with Gasteiger partial charge in [-0.3, -0.25) is 14.4 Å². The zero-order chi connectivity index (χ0) is 12.1. The molecule has 0 aromatic carbocycles. The van der Waals surface area contributed by atoms with Crippen LogP contribution in [-0.2, 0) is 14.4 Å². The number of aliphatic carboxylic acids is 3. The molecule has 0 aromatic heterocycles. The summed E-state index contributed by atoms with van der Waals surface area (Å²) in [6, 6.07) is 0. The molecular weight excluding hydrogens is 221 g/mol. The number of hydrogen-bond acceptors (Lipinski definition) is 5. The van der Waals surface area contributed by atoms with Crippen LogP contribution in [0, 0.1) is 4.91 Å². The second kappa shape index (κ2) is 18.7. The minimum absolute atomic E-state index is 0. The average Bonchev–Trinajstić information content (AvgIpc) is 1.82. The molecule has 0 saturated heterocycles. The molecule has 0 fully saturated rings. The van der Waals surface area contributed by atoms with Crippen molar-refractivity contribution in [3.05, 3.63) is 4.91 Å². The molecule has 0 aromatic rings. The molecule has 8 nitrogen and oxygen atoms in total. The Morgan fingerprint density at radius 2 is 1.27 bits per heavy atom. The van der Waals surface area contributed by atoms with Crippen molar-refractivity contribution in [3.63, 3.8) is 0 Å². The number of carbonyl (C=O) groups is 3. The van der Waals surface area contributed by atoms with Crippen LogP contribution in [-0.4, -0.2) is 39.8 Å². The molecule has 0 aliphatic carbocycles. The normalized spacial score (nSPS) is 6.27. The molecule has 0 bridgehead atoms. The Morgan fingerprint density at radius 3 is 1.27 bits per heavy atom. The van der Waals surface area contributed by atoms with Gasteiger partial charge in [-0.1, -0.05) is 5.18 Å². The van der Waals surface area contributed by atoms with E-state index in [4.69, 9.17) is 29.8 Å². The average molecular weight is 233 g/mol. The van der Waals surface area contributed by atoms with Crippen LogP contribution in [0.4, 0.5) is 0 Å². The number of hydrogen-bond donors (Lipinski definition) is 3. The molecule has 0 aliphatic rings. The van der Waals surface area contributed by atoms with Gasteiger partial charge in [-0.2, -0.15) is 4.91 Å². The summed E-state index contributed by atoms with van der Waals surface area (Å²) >= 11 is 0. The fourth-order valence-corrected chi connectivity index (χ4v) is 0.0552. The van der Waals surface area contributed by atoms with E-state index in [-0.39, 0.29) is 31.0 Å². The van der Waals surface area contributed by atoms with E-state index < -0.39 is 24.5 Å². The van der Waals surface area contributed by atoms with E-state index in [1.54, 1.807) is 0 Å². The maximum atomic E-state index is 9.31. The fraction of sp³-hybridized carbons (Fsp3) is 0.500. The van der Waals surface area contributed by atoms with E-state index >= 15 is 0 Å². The predicted octanol–water partition coefficient (Wildman–Crippen LogP) is -2.86. The molecule has 0 atom stereocenters. The van der Waals surface area contributed by atoms with Crippen molar-refractivity contribution in [1.29, 1.82) is 0 Å². The van der Waals surface area contributed by atoms with Crippen molar-refractivity contribution in [2.45, 2.75) is 13.8 Å². The molecule has 0 saturated carbocycles. The molecule has 9 heteroatoms. The Kier molecular flexibility index (Phi) is 29.5. The standard InChI is InChI=1S/C2H3NO3.2C2H4O2.Na.H/c4-2(5)1-3-6;2*1-2(3)4;;/h1H2,(H,4,5);2*1H3,(H,3,4);;/q;;;+1;-1. The maximum Gasteiger partial charge on any atom is 1.00 e. The van der Waals surface area contributed by atoms with Crippen LogP contribution in [0.3, 0.4) is 0 Å². The van der Waals surface area contributed by atoms with Gasteiger partial charge < -0.3 is 16.7 Å². The smallest absolute Gasteiger partial charge is 1.00 e. The summed E-state index contributed by atoms with van der Waals surface area (Å²) in [5, 5.41) is 24.5. The predicted molar refractivity (Wildman–Crippen MR) is 46.0 cm³/mol. The zero-order valence-corrected chi connectivity index (χ0v) is 10.6. The van der Waals surface area contributed by atoms with Gasteiger partial charge in [0, 0.05) is 13.8 Å². The van der Waals surface area contributed by atoms with Crippen LogP contribution in [0.15, 0.2) is 5.18 Å². The van der Waals surface area contributed by atoms with Gasteiger partial charge in [0.1, 0.15) is 0 Å². The van der Waals surface area contributed by atoms with Crippen LogP contribution < -0.4 is 29.6 Å². The molecule has 0 radical (unpaired) electrons. The first kappa shape index (κ1) is 23.7. The first-order chi connectivity index (χ1) is 6.23. The summed E-state index contributed by atoms with van der Waals surface area (Å²) in [5.41, 5.74) is 0. The molecule has 0 spiro atoms. The quantitative estimate of drug-likeness (QED) is 0.344. The van der Waals surface area contributed by atoms with Gasteiger partial charge in [0.25, 0.3) is 11.9 Å². The summed E-state index contributed by atoms with van der Waals surface area (Å²) in [6.45, 7) is 1.53. The van der Waals surface area contributed by atoms with Crippen molar-refractivity contribution in [2.75, 3.05) is 6.54 Å². The van der Waals surface area contributed by atoms with E-state index in [1.165, 1.54) is 0 Å². The maximum absolute atomic E-state index is 9.31. The fourth-order valence-electron chi connectivity index (χ4n) is 0.0552. The summed E-state index contributed by atoms with van der Waals surface area (Å²) in [4.78, 5) is 36.3. The Hall–Kier alpha value is -0.990. The van der Waals surface area contributed by atoms with E-state index in [1.807, 2.05) is 0 Å². The van der Waals surface area contributed by atoms with Gasteiger partial charge in [0.2, 0.25) is 0 Å². The van der Waals surface area contributed by atoms with E-state index in [0.29, 0.717) is 0 Å². The van der Waals surface area contributed by atoms with E-state index in [9.17, 15) is 4.79 Å². The molecule has 84 valence electrons. The molecule has 0 unspecified atom stereocenters. The third-order valence-corrected chi connectivity index (χ3v) is 0.200. The first-order valence-corrected chi connectivity index (χ1v) is 3.14. The van der Waals surface area contributed by atoms with Crippen molar-refractivity contribution < 1.29 is 60.7 Å². The monoisotopic (exact) mass is 233 g/mol. The zero-order valence-electron chi connectivity index (χ0n) is 9.63. The molecule has 0 rings (SSSR count). The molecule has 0 amide bonds. The van der Waals surface area contributed by atoms with Crippen LogP contribution in [0.2, 0.25) is 0 Å². The molecular formula is C6H12NNaO7. The third-order valence-electron chi connectivity index (χ3n) is 0.200. The van der Waals surface area contributed by atoms with Crippen LogP contribution >= 0.6 is 0 Å². The van der Waals surface area contributed by atoms with Crippen molar-refractivity contribution >= 4 is 17.9 Å². The van der Waals surface area contributed by atoms with Crippen molar-refractivity contribution in [1.82, 2.24) is 0 Å². The van der Waals surface area contributed by atoms with Gasteiger partial charge in [0.05, 0.1) is 0 Å². The van der Waals surface area contributed by atoms with Gasteiger partial charge >= 0.3 is 35.5 Å². The van der Waals surface area contributed by atoms with Gasteiger partial charge in [-0.15, -0.1) is 0 Å². The Morgan fingerprint density at radius 1 is 1.07 bits per heavy atom. The first-order valence-electron chi connectivity index (χ1n) is 3.14. The molecule has 0 heterocycles. The van der Waals surface area contributed by atoms with Crippen LogP contribution in [0.1, 0.15) is 15.3 Å². The van der Waals surface area contributed by atoms with Crippen molar-refractivity contribution in [2.24, 2.45) is 5.18 Å². The topological polar surface area (TPSA) is 141 Å². The molecule has 15 heavy (non-hydrogen) atoms. The molecule has 3 N–H and O–H groups in total. The molecule has 0 aliphatic heterocycles. The number of carboxylic acids is 3. The van der Waals surface area contributed by atoms with Gasteiger partial charge in [-0.25, -0.2) is 0 Å². The third kappa shape index (κ3) is 390. The Labute approximate surface area is 109 Å². The minimum atomic E-state index is -1.19. The van der Waals surface area contributed by atoms with E-state index in [2.05, 4.69) is 5.18 Å². The summed E-state index contributed by atoms with van der Waals surface area (Å²) < 4.78 is 0. The summed E-state index contributed by atoms with van der Waals surface area (Å²) in [7, 11) is 0. The minimum Gasteiger partial charge on any atom is -1.00 e. The second-order valence-corrected chi connectivity index (χ2v) is 1.72. The largest absolute Gasteiger partial charge is 1.00 e. The number of rotatable bonds is 2. The Bertz CT molecular complexity index is 191. The SMILES string of the molecule is CC(=O)O.CC(=O)O.O=NCC(=O)O.[H-].[Na+]. The number of nitrogens with zero attached hydrogens (tertiary/aromatic N) is 1. The number of nitroso groups, excluding NO2 is 1. The van der Waals surface area contributed by atoms with E-state index in [0.717, 1.165) is 13.8 Å². The summed E-state index contributed by atoms with van der Waals surface area (Å²) in [6.07, 6.45) is 0. The van der Waals surface area contributed by atoms with Gasteiger partial charge in [0.15, 0.2) is 6.54 Å². The van der Waals surface area contributed by atoms with Crippen LogP contribution in [0.25, 0.3) is 0 Å².